The summed E-state index contributed by atoms with van der Waals surface area (Å²) in [5, 5.41) is 1.58. The third-order valence-electron chi connectivity index (χ3n) is 1.08. The van der Waals surface area contributed by atoms with E-state index in [1.54, 1.807) is 26.2 Å². The van der Waals surface area contributed by atoms with Gasteiger partial charge in [-0.05, 0) is 20.8 Å². The highest BCUT2D eigenvalue weighted by molar-refractivity contribution is 7.14. The average molecular weight is 220 g/mol. The van der Waals surface area contributed by atoms with Crippen LogP contribution < -0.4 is 0 Å². The lowest BCUT2D eigenvalue weighted by Gasteiger charge is -2.18. The van der Waals surface area contributed by atoms with Crippen LogP contribution in [0.4, 0.5) is 0 Å². The number of ether oxygens (including phenoxy) is 1. The van der Waals surface area contributed by atoms with Crippen molar-refractivity contribution >= 4 is 28.9 Å². The Balaban J connectivity index is 2.70. The van der Waals surface area contributed by atoms with E-state index in [4.69, 9.17) is 16.3 Å². The quantitative estimate of drug-likeness (QED) is 0.682. The minimum Gasteiger partial charge on any atom is -0.455 e. The number of halogens is 1. The third-order valence-corrected chi connectivity index (χ3v) is 2.06. The van der Waals surface area contributed by atoms with Crippen molar-refractivity contribution in [3.63, 3.8) is 0 Å². The molecule has 0 fully saturated rings. The van der Waals surface area contributed by atoms with Gasteiger partial charge in [-0.1, -0.05) is 11.6 Å². The number of hydrogen-bond donors (Lipinski definition) is 0. The highest BCUT2D eigenvalue weighted by atomic mass is 35.5. The Kier molecular flexibility index (Phi) is 2.93. The molecule has 1 aromatic rings. The Bertz CT molecular complexity index is 316. The van der Waals surface area contributed by atoms with Crippen molar-refractivity contribution in [3.05, 3.63) is 15.5 Å². The van der Waals surface area contributed by atoms with E-state index in [1.165, 1.54) is 11.3 Å². The van der Waals surface area contributed by atoms with E-state index in [-0.39, 0.29) is 5.69 Å². The molecule has 1 heterocycles. The number of rotatable bonds is 1. The van der Waals surface area contributed by atoms with E-state index in [2.05, 4.69) is 4.98 Å². The van der Waals surface area contributed by atoms with Crippen LogP contribution in [-0.2, 0) is 4.74 Å². The molecule has 3 nitrogen and oxygen atoms in total. The summed E-state index contributed by atoms with van der Waals surface area (Å²) in [6, 6.07) is 0. The molecule has 72 valence electrons. The SMILES string of the molecule is CC(C)(C)OC(=O)c1csc(Cl)n1. The fourth-order valence-corrected chi connectivity index (χ4v) is 1.41. The molecule has 0 saturated carbocycles. The van der Waals surface area contributed by atoms with Crippen LogP contribution in [0, 0.1) is 0 Å². The lowest BCUT2D eigenvalue weighted by Crippen LogP contribution is -2.24. The molecule has 0 unspecified atom stereocenters. The van der Waals surface area contributed by atoms with Gasteiger partial charge in [-0.2, -0.15) is 0 Å². The predicted octanol–water partition coefficient (Wildman–Crippen LogP) is 2.75. The summed E-state index contributed by atoms with van der Waals surface area (Å²) >= 11 is 6.79. The highest BCUT2D eigenvalue weighted by Crippen LogP contribution is 2.17. The number of thiazole rings is 1. The molecular weight excluding hydrogens is 210 g/mol. The van der Waals surface area contributed by atoms with Gasteiger partial charge in [-0.15, -0.1) is 11.3 Å². The van der Waals surface area contributed by atoms with Crippen molar-refractivity contribution in [1.82, 2.24) is 4.98 Å². The van der Waals surface area contributed by atoms with Crippen LogP contribution in [0.1, 0.15) is 31.3 Å². The van der Waals surface area contributed by atoms with Crippen LogP contribution >= 0.6 is 22.9 Å². The lowest BCUT2D eigenvalue weighted by atomic mass is 10.2. The van der Waals surface area contributed by atoms with Gasteiger partial charge in [0.1, 0.15) is 5.60 Å². The number of aromatic nitrogens is 1. The molecule has 1 aromatic heterocycles. The number of hydrogen-bond acceptors (Lipinski definition) is 4. The Morgan fingerprint density at radius 2 is 2.23 bits per heavy atom. The second kappa shape index (κ2) is 3.64. The predicted molar refractivity (Wildman–Crippen MR) is 52.3 cm³/mol. The van der Waals surface area contributed by atoms with Gasteiger partial charge in [0.25, 0.3) is 0 Å². The van der Waals surface area contributed by atoms with Gasteiger partial charge in [0.15, 0.2) is 10.2 Å². The normalized spacial score (nSPS) is 11.4. The summed E-state index contributed by atoms with van der Waals surface area (Å²) in [6.07, 6.45) is 0. The molecule has 0 spiro atoms. The summed E-state index contributed by atoms with van der Waals surface area (Å²) in [7, 11) is 0. The Morgan fingerprint density at radius 3 is 2.62 bits per heavy atom. The first kappa shape index (κ1) is 10.5. The standard InChI is InChI=1S/C8H10ClNO2S/c1-8(2,3)12-6(11)5-4-13-7(9)10-5/h4H,1-3H3. The summed E-state index contributed by atoms with van der Waals surface area (Å²) < 4.78 is 5.43. The second-order valence-electron chi connectivity index (χ2n) is 3.49. The molecule has 0 aliphatic heterocycles. The van der Waals surface area contributed by atoms with Gasteiger partial charge >= 0.3 is 5.97 Å². The molecule has 13 heavy (non-hydrogen) atoms. The summed E-state index contributed by atoms with van der Waals surface area (Å²) in [5.41, 5.74) is -0.224. The Labute approximate surface area is 85.7 Å². The molecule has 1 rings (SSSR count). The monoisotopic (exact) mass is 219 g/mol. The van der Waals surface area contributed by atoms with E-state index < -0.39 is 11.6 Å². The van der Waals surface area contributed by atoms with Gasteiger partial charge in [0, 0.05) is 5.38 Å². The van der Waals surface area contributed by atoms with Crippen molar-refractivity contribution < 1.29 is 9.53 Å². The van der Waals surface area contributed by atoms with Crippen molar-refractivity contribution in [2.75, 3.05) is 0 Å². The van der Waals surface area contributed by atoms with E-state index in [1.807, 2.05) is 0 Å². The van der Waals surface area contributed by atoms with E-state index in [0.29, 0.717) is 4.47 Å². The maximum absolute atomic E-state index is 11.3. The highest BCUT2D eigenvalue weighted by Gasteiger charge is 2.19. The maximum atomic E-state index is 11.3. The number of nitrogens with zero attached hydrogens (tertiary/aromatic N) is 1. The van der Waals surface area contributed by atoms with Gasteiger partial charge < -0.3 is 4.74 Å². The zero-order valence-corrected chi connectivity index (χ0v) is 9.20. The molecule has 0 aliphatic rings. The second-order valence-corrected chi connectivity index (χ2v) is 4.93. The molecule has 0 atom stereocenters. The molecule has 0 aromatic carbocycles. The fraction of sp³-hybridized carbons (Fsp3) is 0.500. The average Bonchev–Trinajstić information content (AvgIpc) is 2.31. The molecule has 0 aliphatic carbocycles. The summed E-state index contributed by atoms with van der Waals surface area (Å²) in [6.45, 7) is 5.41. The van der Waals surface area contributed by atoms with Gasteiger partial charge in [0.05, 0.1) is 0 Å². The largest absolute Gasteiger partial charge is 0.455 e. The van der Waals surface area contributed by atoms with Gasteiger partial charge in [0.2, 0.25) is 0 Å². The van der Waals surface area contributed by atoms with Crippen molar-refractivity contribution in [1.29, 1.82) is 0 Å². The van der Waals surface area contributed by atoms with Crippen molar-refractivity contribution in [2.24, 2.45) is 0 Å². The Morgan fingerprint density at radius 1 is 1.62 bits per heavy atom. The lowest BCUT2D eigenvalue weighted by molar-refractivity contribution is 0.00637. The van der Waals surface area contributed by atoms with Crippen LogP contribution in [0.3, 0.4) is 0 Å². The number of esters is 1. The smallest absolute Gasteiger partial charge is 0.358 e. The maximum Gasteiger partial charge on any atom is 0.358 e. The van der Waals surface area contributed by atoms with Gasteiger partial charge in [-0.3, -0.25) is 0 Å². The summed E-state index contributed by atoms with van der Waals surface area (Å²) in [4.78, 5) is 15.1. The third kappa shape index (κ3) is 3.32. The van der Waals surface area contributed by atoms with Crippen LogP contribution in [0.5, 0.6) is 0 Å². The van der Waals surface area contributed by atoms with Crippen LogP contribution in [-0.4, -0.2) is 16.6 Å². The van der Waals surface area contributed by atoms with E-state index >= 15 is 0 Å². The minimum atomic E-state index is -0.493. The Hall–Kier alpha value is -0.610. The number of carbonyl (C=O) groups excluding carboxylic acids is 1. The topological polar surface area (TPSA) is 39.2 Å². The molecule has 0 bridgehead atoms. The first-order valence-electron chi connectivity index (χ1n) is 3.73. The van der Waals surface area contributed by atoms with Crippen molar-refractivity contribution in [3.8, 4) is 0 Å². The van der Waals surface area contributed by atoms with Crippen LogP contribution in [0.15, 0.2) is 5.38 Å². The molecule has 5 heteroatoms. The zero-order valence-electron chi connectivity index (χ0n) is 7.63. The molecule has 0 N–H and O–H groups in total. The fourth-order valence-electron chi connectivity index (χ4n) is 0.676. The molecule has 0 amide bonds. The minimum absolute atomic E-state index is 0.268. The van der Waals surface area contributed by atoms with Crippen LogP contribution in [0.25, 0.3) is 0 Å². The first-order chi connectivity index (χ1) is 5.88. The van der Waals surface area contributed by atoms with Crippen molar-refractivity contribution in [2.45, 2.75) is 26.4 Å². The van der Waals surface area contributed by atoms with E-state index in [0.717, 1.165) is 0 Å². The first-order valence-corrected chi connectivity index (χ1v) is 4.98. The molecular formula is C8H10ClNO2S. The summed E-state index contributed by atoms with van der Waals surface area (Å²) in [5.74, 6) is -0.435. The van der Waals surface area contributed by atoms with Gasteiger partial charge in [-0.25, -0.2) is 9.78 Å². The number of carbonyl (C=O) groups is 1. The molecule has 0 saturated heterocycles. The van der Waals surface area contributed by atoms with E-state index in [9.17, 15) is 4.79 Å². The zero-order chi connectivity index (χ0) is 10.1. The molecule has 0 radical (unpaired) electrons. The van der Waals surface area contributed by atoms with Crippen LogP contribution in [0.2, 0.25) is 4.47 Å².